The van der Waals surface area contributed by atoms with Crippen molar-refractivity contribution in [2.75, 3.05) is 26.4 Å². The molecule has 3 rings (SSSR count). The van der Waals surface area contributed by atoms with Crippen LogP contribution in [0.3, 0.4) is 0 Å². The van der Waals surface area contributed by atoms with Crippen molar-refractivity contribution in [2.45, 2.75) is 32.6 Å². The number of nitrogens with one attached hydrogen (secondary N) is 1. The van der Waals surface area contributed by atoms with Crippen molar-refractivity contribution in [1.29, 1.82) is 0 Å². The quantitative estimate of drug-likeness (QED) is 0.441. The van der Waals surface area contributed by atoms with Gasteiger partial charge in [-0.3, -0.25) is 9.59 Å². The van der Waals surface area contributed by atoms with Crippen molar-refractivity contribution in [3.8, 4) is 0 Å². The number of fused-ring (bicyclic) bond motifs is 1. The molecule has 1 aromatic rings. The molecule has 1 saturated heterocycles. The summed E-state index contributed by atoms with van der Waals surface area (Å²) >= 11 is 0. The summed E-state index contributed by atoms with van der Waals surface area (Å²) in [5, 5.41) is 2.89. The van der Waals surface area contributed by atoms with Gasteiger partial charge >= 0.3 is 5.97 Å². The number of carbonyl (C=O) groups excluding carboxylic acids is 2. The molecule has 2 unspecified atom stereocenters. The first kappa shape index (κ1) is 18.6. The van der Waals surface area contributed by atoms with Crippen LogP contribution in [0, 0.1) is 11.3 Å². The minimum Gasteiger partial charge on any atom is -0.465 e. The number of amides is 1. The van der Waals surface area contributed by atoms with Crippen molar-refractivity contribution in [1.82, 2.24) is 5.32 Å². The van der Waals surface area contributed by atoms with Crippen molar-refractivity contribution >= 4 is 11.9 Å². The highest BCUT2D eigenvalue weighted by Gasteiger charge is 2.55. The van der Waals surface area contributed by atoms with Crippen LogP contribution < -0.4 is 5.32 Å². The summed E-state index contributed by atoms with van der Waals surface area (Å²) in [6, 6.07) is 7.52. The van der Waals surface area contributed by atoms with Gasteiger partial charge in [0.05, 0.1) is 12.0 Å². The number of carbonyl (C=O) groups is 2. The number of cyclic esters (lactones) is 1. The zero-order valence-electron chi connectivity index (χ0n) is 15.4. The second-order valence-corrected chi connectivity index (χ2v) is 7.26. The van der Waals surface area contributed by atoms with Gasteiger partial charge in [-0.2, -0.15) is 0 Å². The predicted octanol–water partition coefficient (Wildman–Crippen LogP) is 2.89. The molecule has 1 saturated carbocycles. The summed E-state index contributed by atoms with van der Waals surface area (Å²) in [5.74, 6) is 0.0479. The van der Waals surface area contributed by atoms with Gasteiger partial charge in [0.1, 0.15) is 0 Å². The van der Waals surface area contributed by atoms with E-state index in [2.05, 4.69) is 11.9 Å². The Hall–Kier alpha value is -2.14. The van der Waals surface area contributed by atoms with E-state index in [0.717, 1.165) is 24.0 Å². The van der Waals surface area contributed by atoms with Crippen LogP contribution in [0.15, 0.2) is 36.4 Å². The number of rotatable bonds is 8. The van der Waals surface area contributed by atoms with Crippen molar-refractivity contribution < 1.29 is 19.1 Å². The zero-order chi connectivity index (χ0) is 18.6. The van der Waals surface area contributed by atoms with Crippen molar-refractivity contribution in [3.63, 3.8) is 0 Å². The summed E-state index contributed by atoms with van der Waals surface area (Å²) < 4.78 is 10.6. The van der Waals surface area contributed by atoms with E-state index in [0.29, 0.717) is 44.8 Å². The smallest absolute Gasteiger partial charge is 0.313 e. The number of hydrogen-bond acceptors (Lipinski definition) is 4. The number of ether oxygens (including phenoxy) is 2. The Morgan fingerprint density at radius 1 is 1.38 bits per heavy atom. The lowest BCUT2D eigenvalue weighted by Gasteiger charge is -2.24. The largest absolute Gasteiger partial charge is 0.465 e. The molecule has 0 spiro atoms. The summed E-state index contributed by atoms with van der Waals surface area (Å²) in [4.78, 5) is 24.5. The van der Waals surface area contributed by atoms with E-state index in [9.17, 15) is 9.59 Å². The van der Waals surface area contributed by atoms with Crippen LogP contribution in [-0.2, 0) is 20.7 Å². The van der Waals surface area contributed by atoms with Crippen LogP contribution in [0.25, 0.3) is 0 Å². The van der Waals surface area contributed by atoms with Crippen LogP contribution >= 0.6 is 0 Å². The van der Waals surface area contributed by atoms with Crippen LogP contribution in [0.1, 0.15) is 42.1 Å². The van der Waals surface area contributed by atoms with Gasteiger partial charge in [-0.1, -0.05) is 24.3 Å². The molecule has 26 heavy (non-hydrogen) atoms. The molecule has 2 atom stereocenters. The zero-order valence-corrected chi connectivity index (χ0v) is 15.4. The van der Waals surface area contributed by atoms with Crippen LogP contribution in [0.4, 0.5) is 0 Å². The molecular formula is C21H27NO4. The molecule has 0 bridgehead atoms. The molecule has 1 aromatic carbocycles. The van der Waals surface area contributed by atoms with Gasteiger partial charge in [0, 0.05) is 31.2 Å². The first-order valence-corrected chi connectivity index (χ1v) is 9.34. The Kier molecular flexibility index (Phi) is 5.77. The van der Waals surface area contributed by atoms with Gasteiger partial charge in [-0.05, 0) is 50.3 Å². The average Bonchev–Trinajstić information content (AvgIpc) is 3.09. The fourth-order valence-electron chi connectivity index (χ4n) is 4.02. The average molecular weight is 357 g/mol. The van der Waals surface area contributed by atoms with E-state index in [4.69, 9.17) is 9.47 Å². The van der Waals surface area contributed by atoms with Crippen LogP contribution in [-0.4, -0.2) is 38.2 Å². The standard InChI is InChI=1S/C21H27NO4/c1-3-25-10-4-9-22-19(23)17-7-5-16(6-8-17)13-21-12-15(2)11-18(21)14-26-20(21)24/h5-8,18H,2-4,9-14H2,1H3,(H,22,23). The van der Waals surface area contributed by atoms with Crippen LogP contribution in [0.2, 0.25) is 0 Å². The van der Waals surface area contributed by atoms with E-state index < -0.39 is 5.41 Å². The van der Waals surface area contributed by atoms with Gasteiger partial charge in [0.25, 0.3) is 5.91 Å². The summed E-state index contributed by atoms with van der Waals surface area (Å²) in [5.41, 5.74) is 2.36. The fourth-order valence-corrected chi connectivity index (χ4v) is 4.02. The summed E-state index contributed by atoms with van der Waals surface area (Å²) in [6.45, 7) is 8.47. The lowest BCUT2D eigenvalue weighted by molar-refractivity contribution is -0.146. The van der Waals surface area contributed by atoms with Crippen molar-refractivity contribution in [3.05, 3.63) is 47.5 Å². The normalized spacial score (nSPS) is 24.4. The second-order valence-electron chi connectivity index (χ2n) is 7.26. The SMILES string of the molecule is C=C1CC2COC(=O)C2(Cc2ccc(C(=O)NCCCOCC)cc2)C1. The summed E-state index contributed by atoms with van der Waals surface area (Å²) in [6.07, 6.45) is 3.02. The van der Waals surface area contributed by atoms with E-state index >= 15 is 0 Å². The predicted molar refractivity (Wildman–Crippen MR) is 98.8 cm³/mol. The molecule has 5 heteroatoms. The third kappa shape index (κ3) is 3.83. The van der Waals surface area contributed by atoms with Gasteiger partial charge < -0.3 is 14.8 Å². The van der Waals surface area contributed by atoms with Gasteiger partial charge in [0.2, 0.25) is 0 Å². The fraction of sp³-hybridized carbons (Fsp3) is 0.524. The molecule has 2 fully saturated rings. The maximum atomic E-state index is 12.4. The Balaban J connectivity index is 1.58. The maximum absolute atomic E-state index is 12.4. The molecule has 1 aliphatic heterocycles. The van der Waals surface area contributed by atoms with Gasteiger partial charge in [-0.15, -0.1) is 0 Å². The Bertz CT molecular complexity index is 682. The highest BCUT2D eigenvalue weighted by molar-refractivity contribution is 5.94. The Morgan fingerprint density at radius 2 is 2.15 bits per heavy atom. The number of allylic oxidation sites excluding steroid dienone is 1. The highest BCUT2D eigenvalue weighted by Crippen LogP contribution is 2.52. The first-order valence-electron chi connectivity index (χ1n) is 9.34. The molecule has 1 aliphatic carbocycles. The number of hydrogen-bond donors (Lipinski definition) is 1. The van der Waals surface area contributed by atoms with Crippen LogP contribution in [0.5, 0.6) is 0 Å². The molecule has 0 aromatic heterocycles. The Morgan fingerprint density at radius 3 is 2.88 bits per heavy atom. The number of esters is 1. The van der Waals surface area contributed by atoms with E-state index in [-0.39, 0.29) is 17.8 Å². The molecule has 2 aliphatic rings. The van der Waals surface area contributed by atoms with E-state index in [1.54, 1.807) is 0 Å². The minimum absolute atomic E-state index is 0.0846. The monoisotopic (exact) mass is 357 g/mol. The molecule has 5 nitrogen and oxygen atoms in total. The molecular weight excluding hydrogens is 330 g/mol. The van der Waals surface area contributed by atoms with E-state index in [1.807, 2.05) is 31.2 Å². The second kappa shape index (κ2) is 8.04. The lowest BCUT2D eigenvalue weighted by atomic mass is 9.75. The third-order valence-corrected chi connectivity index (χ3v) is 5.39. The molecule has 140 valence electrons. The highest BCUT2D eigenvalue weighted by atomic mass is 16.5. The first-order chi connectivity index (χ1) is 12.5. The van der Waals surface area contributed by atoms with Gasteiger partial charge in [0.15, 0.2) is 0 Å². The Labute approximate surface area is 154 Å². The van der Waals surface area contributed by atoms with Crippen molar-refractivity contribution in [2.24, 2.45) is 11.3 Å². The van der Waals surface area contributed by atoms with Gasteiger partial charge in [-0.25, -0.2) is 0 Å². The molecule has 0 radical (unpaired) electrons. The third-order valence-electron chi connectivity index (χ3n) is 5.39. The molecule has 1 amide bonds. The number of benzene rings is 1. The molecule has 1 N–H and O–H groups in total. The van der Waals surface area contributed by atoms with E-state index in [1.165, 1.54) is 0 Å². The minimum atomic E-state index is -0.458. The topological polar surface area (TPSA) is 64.6 Å². The summed E-state index contributed by atoms with van der Waals surface area (Å²) in [7, 11) is 0. The maximum Gasteiger partial charge on any atom is 0.313 e. The molecule has 1 heterocycles. The lowest BCUT2D eigenvalue weighted by Crippen LogP contribution is -2.31.